The van der Waals surface area contributed by atoms with Crippen molar-refractivity contribution in [3.05, 3.63) is 39.2 Å². The molecule has 0 saturated carbocycles. The number of benzene rings is 1. The fourth-order valence-corrected chi connectivity index (χ4v) is 1.38. The highest BCUT2D eigenvalue weighted by atomic mass is 35.5. The number of nitro groups is 1. The third-order valence-corrected chi connectivity index (χ3v) is 2.22. The predicted octanol–water partition coefficient (Wildman–Crippen LogP) is 2.46. The molecule has 80 valence electrons. The van der Waals surface area contributed by atoms with Crippen LogP contribution in [0, 0.1) is 22.9 Å². The fraction of sp³-hybridized carbons (Fsp3) is 0.222. The van der Waals surface area contributed by atoms with Crippen LogP contribution in [0.1, 0.15) is 15.9 Å². The van der Waals surface area contributed by atoms with Crippen LogP contribution in [0.4, 0.5) is 10.1 Å². The quantitative estimate of drug-likeness (QED) is 0.347. The molecule has 0 amide bonds. The summed E-state index contributed by atoms with van der Waals surface area (Å²) in [6, 6.07) is 1.92. The van der Waals surface area contributed by atoms with Crippen molar-refractivity contribution >= 4 is 23.1 Å². The SMILES string of the molecule is Cc1c(F)ccc([N+](=O)[O-])c1C(=O)CCl. The van der Waals surface area contributed by atoms with Gasteiger partial charge in [-0.05, 0) is 13.0 Å². The molecule has 15 heavy (non-hydrogen) atoms. The first-order valence-electron chi connectivity index (χ1n) is 4.01. The average Bonchev–Trinajstić information content (AvgIpc) is 2.20. The monoisotopic (exact) mass is 231 g/mol. The number of rotatable bonds is 3. The van der Waals surface area contributed by atoms with E-state index in [-0.39, 0.29) is 11.1 Å². The molecule has 1 aromatic rings. The lowest BCUT2D eigenvalue weighted by atomic mass is 10.0. The Bertz CT molecular complexity index is 434. The zero-order valence-electron chi connectivity index (χ0n) is 7.79. The summed E-state index contributed by atoms with van der Waals surface area (Å²) in [5, 5.41) is 10.6. The first-order chi connectivity index (χ1) is 6.99. The summed E-state index contributed by atoms with van der Waals surface area (Å²) in [6.07, 6.45) is 0. The highest BCUT2D eigenvalue weighted by Crippen LogP contribution is 2.24. The standard InChI is InChI=1S/C9H7ClFNO3/c1-5-6(11)2-3-7(12(14)15)9(5)8(13)4-10/h2-3H,4H2,1H3. The van der Waals surface area contributed by atoms with Gasteiger partial charge in [-0.2, -0.15) is 0 Å². The summed E-state index contributed by atoms with van der Waals surface area (Å²) < 4.78 is 13.1. The molecule has 4 nitrogen and oxygen atoms in total. The van der Waals surface area contributed by atoms with E-state index in [2.05, 4.69) is 0 Å². The minimum Gasteiger partial charge on any atom is -0.293 e. The van der Waals surface area contributed by atoms with Crippen molar-refractivity contribution in [3.8, 4) is 0 Å². The topological polar surface area (TPSA) is 60.2 Å². The van der Waals surface area contributed by atoms with Crippen molar-refractivity contribution < 1.29 is 14.1 Å². The molecule has 0 radical (unpaired) electrons. The van der Waals surface area contributed by atoms with E-state index < -0.39 is 28.1 Å². The van der Waals surface area contributed by atoms with Crippen molar-refractivity contribution in [2.24, 2.45) is 0 Å². The van der Waals surface area contributed by atoms with E-state index in [9.17, 15) is 19.3 Å². The number of carbonyl (C=O) groups is 1. The smallest absolute Gasteiger partial charge is 0.280 e. The number of ketones is 1. The lowest BCUT2D eigenvalue weighted by Gasteiger charge is -2.04. The van der Waals surface area contributed by atoms with E-state index in [1.54, 1.807) is 0 Å². The van der Waals surface area contributed by atoms with Crippen LogP contribution in [0.15, 0.2) is 12.1 Å². The first kappa shape index (κ1) is 11.6. The van der Waals surface area contributed by atoms with Crippen molar-refractivity contribution in [3.63, 3.8) is 0 Å². The molecule has 0 heterocycles. The highest BCUT2D eigenvalue weighted by Gasteiger charge is 2.23. The number of carbonyl (C=O) groups excluding carboxylic acids is 1. The maximum atomic E-state index is 13.1. The van der Waals surface area contributed by atoms with Crippen LogP contribution in [-0.2, 0) is 0 Å². The Morgan fingerprint density at radius 2 is 2.20 bits per heavy atom. The molecule has 6 heteroatoms. The third-order valence-electron chi connectivity index (χ3n) is 1.97. The van der Waals surface area contributed by atoms with Gasteiger partial charge in [-0.1, -0.05) is 0 Å². The van der Waals surface area contributed by atoms with Gasteiger partial charge in [0.2, 0.25) is 0 Å². The minimum atomic E-state index is -0.730. The van der Waals surface area contributed by atoms with Gasteiger partial charge in [0.25, 0.3) is 5.69 Å². The summed E-state index contributed by atoms with van der Waals surface area (Å²) in [6.45, 7) is 1.31. The summed E-state index contributed by atoms with van der Waals surface area (Å²) in [5.74, 6) is -1.72. The second-order valence-electron chi connectivity index (χ2n) is 2.88. The van der Waals surface area contributed by atoms with E-state index in [4.69, 9.17) is 11.6 Å². The van der Waals surface area contributed by atoms with Gasteiger partial charge in [0, 0.05) is 11.6 Å². The van der Waals surface area contributed by atoms with Gasteiger partial charge in [0.15, 0.2) is 5.78 Å². The van der Waals surface area contributed by atoms with E-state index in [0.29, 0.717) is 0 Å². The van der Waals surface area contributed by atoms with Crippen LogP contribution in [0.3, 0.4) is 0 Å². The van der Waals surface area contributed by atoms with E-state index in [1.807, 2.05) is 0 Å². The molecule has 0 spiro atoms. The summed E-state index contributed by atoms with van der Waals surface area (Å²) in [7, 11) is 0. The fourth-order valence-electron chi connectivity index (χ4n) is 1.24. The zero-order chi connectivity index (χ0) is 11.6. The number of hydrogen-bond donors (Lipinski definition) is 0. The predicted molar refractivity (Wildman–Crippen MR) is 52.8 cm³/mol. The van der Waals surface area contributed by atoms with Crippen molar-refractivity contribution in [2.75, 3.05) is 5.88 Å². The van der Waals surface area contributed by atoms with Gasteiger partial charge in [0.05, 0.1) is 10.8 Å². The lowest BCUT2D eigenvalue weighted by molar-refractivity contribution is -0.385. The molecule has 0 N–H and O–H groups in total. The van der Waals surface area contributed by atoms with Gasteiger partial charge in [-0.15, -0.1) is 11.6 Å². The lowest BCUT2D eigenvalue weighted by Crippen LogP contribution is -2.08. The number of alkyl halides is 1. The third kappa shape index (κ3) is 2.12. The number of hydrogen-bond acceptors (Lipinski definition) is 3. The van der Waals surface area contributed by atoms with Crippen molar-refractivity contribution in [2.45, 2.75) is 6.92 Å². The number of halogens is 2. The molecule has 0 aliphatic heterocycles. The number of nitrogens with zero attached hydrogens (tertiary/aromatic N) is 1. The summed E-state index contributed by atoms with van der Waals surface area (Å²) in [5.41, 5.74) is -0.718. The molecule has 0 aliphatic carbocycles. The highest BCUT2D eigenvalue weighted by molar-refractivity contribution is 6.31. The normalized spacial score (nSPS) is 10.1. The Hall–Kier alpha value is -1.49. The molecule has 0 aromatic heterocycles. The maximum absolute atomic E-state index is 13.1. The molecular formula is C9H7ClFNO3. The number of Topliss-reactive ketones (excluding diaryl/α,β-unsaturated/α-hetero) is 1. The van der Waals surface area contributed by atoms with Gasteiger partial charge in [-0.25, -0.2) is 4.39 Å². The average molecular weight is 232 g/mol. The number of nitro benzene ring substituents is 1. The molecule has 0 aliphatic rings. The second kappa shape index (κ2) is 4.35. The molecule has 0 atom stereocenters. The summed E-state index contributed by atoms with van der Waals surface area (Å²) in [4.78, 5) is 21.2. The van der Waals surface area contributed by atoms with Crippen LogP contribution in [-0.4, -0.2) is 16.6 Å². The van der Waals surface area contributed by atoms with Crippen LogP contribution >= 0.6 is 11.6 Å². The minimum absolute atomic E-state index is 0.0464. The zero-order valence-corrected chi connectivity index (χ0v) is 8.55. The molecule has 0 bridgehead atoms. The van der Waals surface area contributed by atoms with Crippen molar-refractivity contribution in [1.82, 2.24) is 0 Å². The Morgan fingerprint density at radius 1 is 1.60 bits per heavy atom. The molecule has 0 saturated heterocycles. The van der Waals surface area contributed by atoms with E-state index in [1.165, 1.54) is 6.92 Å². The molecule has 1 rings (SSSR count). The molecular weight excluding hydrogens is 225 g/mol. The largest absolute Gasteiger partial charge is 0.293 e. The van der Waals surface area contributed by atoms with Crippen LogP contribution in [0.5, 0.6) is 0 Å². The molecule has 0 fully saturated rings. The Balaban J connectivity index is 3.48. The Kier molecular flexibility index (Phi) is 3.36. The van der Waals surface area contributed by atoms with Crippen LogP contribution in [0.25, 0.3) is 0 Å². The van der Waals surface area contributed by atoms with Gasteiger partial charge in [0.1, 0.15) is 11.4 Å². The van der Waals surface area contributed by atoms with Crippen LogP contribution in [0.2, 0.25) is 0 Å². The van der Waals surface area contributed by atoms with E-state index in [0.717, 1.165) is 12.1 Å². The van der Waals surface area contributed by atoms with Gasteiger partial charge < -0.3 is 0 Å². The van der Waals surface area contributed by atoms with Crippen LogP contribution < -0.4 is 0 Å². The first-order valence-corrected chi connectivity index (χ1v) is 4.55. The Labute approximate surface area is 89.8 Å². The Morgan fingerprint density at radius 3 is 2.67 bits per heavy atom. The van der Waals surface area contributed by atoms with Gasteiger partial charge in [-0.3, -0.25) is 14.9 Å². The molecule has 1 aromatic carbocycles. The second-order valence-corrected chi connectivity index (χ2v) is 3.15. The van der Waals surface area contributed by atoms with Crippen molar-refractivity contribution in [1.29, 1.82) is 0 Å². The molecule has 0 unspecified atom stereocenters. The maximum Gasteiger partial charge on any atom is 0.280 e. The summed E-state index contributed by atoms with van der Waals surface area (Å²) >= 11 is 5.29. The van der Waals surface area contributed by atoms with E-state index >= 15 is 0 Å². The van der Waals surface area contributed by atoms with Gasteiger partial charge >= 0.3 is 0 Å².